The van der Waals surface area contributed by atoms with Crippen molar-refractivity contribution < 1.29 is 0 Å². The van der Waals surface area contributed by atoms with Gasteiger partial charge < -0.3 is 5.73 Å². The van der Waals surface area contributed by atoms with Crippen LogP contribution in [0.1, 0.15) is 17.3 Å². The first kappa shape index (κ1) is 12.4. The summed E-state index contributed by atoms with van der Waals surface area (Å²) < 4.78 is 0. The van der Waals surface area contributed by atoms with E-state index in [2.05, 4.69) is 4.98 Å². The molecule has 2 nitrogen and oxygen atoms in total. The van der Waals surface area contributed by atoms with Crippen molar-refractivity contribution in [2.45, 2.75) is 12.5 Å². The second-order valence-electron chi connectivity index (χ2n) is 3.77. The Balaban J connectivity index is 2.20. The lowest BCUT2D eigenvalue weighted by atomic mass is 10.0. The van der Waals surface area contributed by atoms with Crippen LogP contribution in [-0.4, -0.2) is 4.98 Å². The van der Waals surface area contributed by atoms with Crippen molar-refractivity contribution in [3.8, 4) is 0 Å². The number of aromatic nitrogens is 1. The Labute approximate surface area is 110 Å². The van der Waals surface area contributed by atoms with E-state index in [-0.39, 0.29) is 6.04 Å². The van der Waals surface area contributed by atoms with Crippen LogP contribution >= 0.6 is 23.2 Å². The maximum atomic E-state index is 6.09. The normalized spacial score (nSPS) is 12.4. The zero-order chi connectivity index (χ0) is 12.3. The van der Waals surface area contributed by atoms with E-state index in [1.54, 1.807) is 18.3 Å². The lowest BCUT2D eigenvalue weighted by Gasteiger charge is -2.13. The SMILES string of the molecule is NC(Cc1ccccc1Cl)c1ncccc1Cl. The molecule has 1 aromatic heterocycles. The number of hydrogen-bond donors (Lipinski definition) is 1. The molecule has 0 aliphatic heterocycles. The first-order valence-corrected chi connectivity index (χ1v) is 6.03. The van der Waals surface area contributed by atoms with Crippen LogP contribution in [0.2, 0.25) is 10.0 Å². The van der Waals surface area contributed by atoms with Gasteiger partial charge in [0.25, 0.3) is 0 Å². The maximum absolute atomic E-state index is 6.09. The second kappa shape index (κ2) is 5.50. The van der Waals surface area contributed by atoms with Gasteiger partial charge in [-0.3, -0.25) is 4.98 Å². The highest BCUT2D eigenvalue weighted by Crippen LogP contribution is 2.24. The molecule has 0 saturated heterocycles. The summed E-state index contributed by atoms with van der Waals surface area (Å²) in [6.45, 7) is 0. The van der Waals surface area contributed by atoms with Gasteiger partial charge in [0.2, 0.25) is 0 Å². The monoisotopic (exact) mass is 266 g/mol. The van der Waals surface area contributed by atoms with Crippen LogP contribution in [0.25, 0.3) is 0 Å². The Kier molecular flexibility index (Phi) is 4.00. The van der Waals surface area contributed by atoms with Gasteiger partial charge in [0.1, 0.15) is 0 Å². The third-order valence-corrected chi connectivity index (χ3v) is 3.22. The Morgan fingerprint density at radius 1 is 1.06 bits per heavy atom. The van der Waals surface area contributed by atoms with Gasteiger partial charge in [-0.25, -0.2) is 0 Å². The molecule has 0 amide bonds. The van der Waals surface area contributed by atoms with Crippen molar-refractivity contribution >= 4 is 23.2 Å². The van der Waals surface area contributed by atoms with Gasteiger partial charge in [-0.05, 0) is 30.2 Å². The van der Waals surface area contributed by atoms with Gasteiger partial charge in [0.15, 0.2) is 0 Å². The molecule has 0 spiro atoms. The van der Waals surface area contributed by atoms with Gasteiger partial charge >= 0.3 is 0 Å². The van der Waals surface area contributed by atoms with Gasteiger partial charge in [-0.2, -0.15) is 0 Å². The van der Waals surface area contributed by atoms with Gasteiger partial charge in [-0.1, -0.05) is 41.4 Å². The number of halogens is 2. The number of hydrogen-bond acceptors (Lipinski definition) is 2. The zero-order valence-corrected chi connectivity index (χ0v) is 10.6. The minimum Gasteiger partial charge on any atom is -0.322 e. The van der Waals surface area contributed by atoms with E-state index in [1.807, 2.05) is 24.3 Å². The Morgan fingerprint density at radius 2 is 1.76 bits per heavy atom. The summed E-state index contributed by atoms with van der Waals surface area (Å²) in [6, 6.07) is 11.0. The molecule has 0 fully saturated rings. The Morgan fingerprint density at radius 3 is 2.47 bits per heavy atom. The van der Waals surface area contributed by atoms with E-state index < -0.39 is 0 Å². The van der Waals surface area contributed by atoms with E-state index in [9.17, 15) is 0 Å². The summed E-state index contributed by atoms with van der Waals surface area (Å²) in [6.07, 6.45) is 2.31. The summed E-state index contributed by atoms with van der Waals surface area (Å²) >= 11 is 12.1. The van der Waals surface area contributed by atoms with Crippen LogP contribution in [0.3, 0.4) is 0 Å². The molecule has 0 bridgehead atoms. The first-order chi connectivity index (χ1) is 8.18. The summed E-state index contributed by atoms with van der Waals surface area (Å²) in [5, 5.41) is 1.31. The largest absolute Gasteiger partial charge is 0.322 e. The van der Waals surface area contributed by atoms with Gasteiger partial charge in [0, 0.05) is 11.2 Å². The molecule has 0 aliphatic carbocycles. The highest BCUT2D eigenvalue weighted by Gasteiger charge is 2.13. The van der Waals surface area contributed by atoms with Crippen molar-refractivity contribution in [3.05, 3.63) is 63.9 Å². The van der Waals surface area contributed by atoms with Crippen LogP contribution in [0, 0.1) is 0 Å². The van der Waals surface area contributed by atoms with E-state index in [4.69, 9.17) is 28.9 Å². The lowest BCUT2D eigenvalue weighted by Crippen LogP contribution is -2.15. The van der Waals surface area contributed by atoms with E-state index >= 15 is 0 Å². The number of benzene rings is 1. The quantitative estimate of drug-likeness (QED) is 0.922. The molecule has 1 atom stereocenters. The van der Waals surface area contributed by atoms with Crippen molar-refractivity contribution in [3.63, 3.8) is 0 Å². The molecular weight excluding hydrogens is 255 g/mol. The molecule has 88 valence electrons. The topological polar surface area (TPSA) is 38.9 Å². The van der Waals surface area contributed by atoms with E-state index in [1.165, 1.54) is 0 Å². The molecule has 17 heavy (non-hydrogen) atoms. The van der Waals surface area contributed by atoms with Crippen molar-refractivity contribution in [2.75, 3.05) is 0 Å². The van der Waals surface area contributed by atoms with Gasteiger partial charge in [0.05, 0.1) is 16.8 Å². The molecule has 1 unspecified atom stereocenters. The highest BCUT2D eigenvalue weighted by molar-refractivity contribution is 6.31. The third kappa shape index (κ3) is 2.97. The third-order valence-electron chi connectivity index (χ3n) is 2.54. The number of nitrogens with zero attached hydrogens (tertiary/aromatic N) is 1. The van der Waals surface area contributed by atoms with Crippen LogP contribution in [0.15, 0.2) is 42.6 Å². The standard InChI is InChI=1S/C13H12Cl2N2/c14-10-5-2-1-4-9(10)8-12(16)13-11(15)6-3-7-17-13/h1-7,12H,8,16H2. The molecule has 1 aromatic carbocycles. The molecule has 2 aromatic rings. The zero-order valence-electron chi connectivity index (χ0n) is 9.11. The van der Waals surface area contributed by atoms with Crippen LogP contribution in [0.4, 0.5) is 0 Å². The predicted molar refractivity (Wildman–Crippen MR) is 71.3 cm³/mol. The maximum Gasteiger partial charge on any atom is 0.0760 e. The first-order valence-electron chi connectivity index (χ1n) is 5.28. The van der Waals surface area contributed by atoms with Crippen LogP contribution < -0.4 is 5.73 Å². The fourth-order valence-electron chi connectivity index (χ4n) is 1.67. The number of pyridine rings is 1. The molecule has 0 aliphatic rings. The van der Waals surface area contributed by atoms with Crippen molar-refractivity contribution in [1.82, 2.24) is 4.98 Å². The van der Waals surface area contributed by atoms with Crippen molar-refractivity contribution in [2.24, 2.45) is 5.73 Å². The summed E-state index contributed by atoms with van der Waals surface area (Å²) in [5.74, 6) is 0. The fraction of sp³-hybridized carbons (Fsp3) is 0.154. The molecule has 2 rings (SSSR count). The van der Waals surface area contributed by atoms with E-state index in [0.717, 1.165) is 10.6 Å². The lowest BCUT2D eigenvalue weighted by molar-refractivity contribution is 0.697. The number of nitrogens with two attached hydrogens (primary N) is 1. The predicted octanol–water partition coefficient (Wildman–Crippen LogP) is 3.63. The molecular formula is C13H12Cl2N2. The molecule has 2 N–H and O–H groups in total. The highest BCUT2D eigenvalue weighted by atomic mass is 35.5. The smallest absolute Gasteiger partial charge is 0.0760 e. The molecule has 0 saturated carbocycles. The molecule has 4 heteroatoms. The number of rotatable bonds is 3. The minimum absolute atomic E-state index is 0.247. The minimum atomic E-state index is -0.247. The fourth-order valence-corrected chi connectivity index (χ4v) is 2.14. The summed E-state index contributed by atoms with van der Waals surface area (Å²) in [5.41, 5.74) is 7.80. The van der Waals surface area contributed by atoms with Gasteiger partial charge in [-0.15, -0.1) is 0 Å². The summed E-state index contributed by atoms with van der Waals surface area (Å²) in [4.78, 5) is 4.20. The Bertz CT molecular complexity index is 514. The Hall–Kier alpha value is -1.09. The van der Waals surface area contributed by atoms with E-state index in [0.29, 0.717) is 17.1 Å². The average molecular weight is 267 g/mol. The average Bonchev–Trinajstić information content (AvgIpc) is 2.32. The van der Waals surface area contributed by atoms with Crippen molar-refractivity contribution in [1.29, 1.82) is 0 Å². The second-order valence-corrected chi connectivity index (χ2v) is 4.59. The van der Waals surface area contributed by atoms with Crippen LogP contribution in [-0.2, 0) is 6.42 Å². The molecule has 1 heterocycles. The van der Waals surface area contributed by atoms with Crippen LogP contribution in [0.5, 0.6) is 0 Å². The molecule has 0 radical (unpaired) electrons. The summed E-state index contributed by atoms with van der Waals surface area (Å²) in [7, 11) is 0.